The third-order valence-electron chi connectivity index (χ3n) is 4.76. The van der Waals surface area contributed by atoms with E-state index in [2.05, 4.69) is 11.2 Å². The van der Waals surface area contributed by atoms with Crippen molar-refractivity contribution < 1.29 is 12.8 Å². The molecule has 136 valence electrons. The highest BCUT2D eigenvalue weighted by Crippen LogP contribution is 2.23. The summed E-state index contributed by atoms with van der Waals surface area (Å²) in [6.07, 6.45) is 1.67. The van der Waals surface area contributed by atoms with E-state index in [1.807, 2.05) is 18.5 Å². The predicted molar refractivity (Wildman–Crippen MR) is 95.0 cm³/mol. The van der Waals surface area contributed by atoms with Crippen LogP contribution in [0.1, 0.15) is 29.8 Å². The van der Waals surface area contributed by atoms with Crippen LogP contribution in [0.25, 0.3) is 0 Å². The molecule has 5 nitrogen and oxygen atoms in total. The van der Waals surface area contributed by atoms with Crippen LogP contribution >= 0.6 is 0 Å². The molecule has 0 saturated carbocycles. The second kappa shape index (κ2) is 7.25. The second-order valence-electron chi connectivity index (χ2n) is 6.83. The smallest absolute Gasteiger partial charge is 0.218 e. The minimum atomic E-state index is -3.36. The normalized spacial score (nSPS) is 17.1. The van der Waals surface area contributed by atoms with Crippen LogP contribution in [0.4, 0.5) is 4.39 Å². The Morgan fingerprint density at radius 2 is 1.80 bits per heavy atom. The molecule has 2 heterocycles. The van der Waals surface area contributed by atoms with Crippen molar-refractivity contribution in [3.05, 3.63) is 53.1 Å². The Balaban J connectivity index is 1.57. The van der Waals surface area contributed by atoms with Gasteiger partial charge in [-0.2, -0.15) is 5.10 Å². The maximum Gasteiger partial charge on any atom is 0.218 e. The molecule has 3 rings (SSSR count). The summed E-state index contributed by atoms with van der Waals surface area (Å²) in [5, 5.41) is 4.49. The fourth-order valence-electron chi connectivity index (χ4n) is 3.36. The Kier molecular flexibility index (Phi) is 5.24. The lowest BCUT2D eigenvalue weighted by Gasteiger charge is -2.31. The van der Waals surface area contributed by atoms with Crippen molar-refractivity contribution in [2.24, 2.45) is 5.92 Å². The fourth-order valence-corrected chi connectivity index (χ4v) is 4.92. The van der Waals surface area contributed by atoms with Crippen molar-refractivity contribution in [3.63, 3.8) is 0 Å². The molecule has 0 bridgehead atoms. The number of halogens is 1. The van der Waals surface area contributed by atoms with Crippen molar-refractivity contribution in [3.8, 4) is 0 Å². The molecule has 0 unspecified atom stereocenters. The molecule has 1 aliphatic heterocycles. The Morgan fingerprint density at radius 3 is 2.36 bits per heavy atom. The van der Waals surface area contributed by atoms with E-state index in [0.29, 0.717) is 24.6 Å². The molecule has 0 aliphatic carbocycles. The fraction of sp³-hybridized carbons (Fsp3) is 0.500. The van der Waals surface area contributed by atoms with E-state index in [-0.39, 0.29) is 11.6 Å². The topological polar surface area (TPSA) is 55.2 Å². The van der Waals surface area contributed by atoms with E-state index >= 15 is 0 Å². The number of nitrogens with zero attached hydrogens (tertiary/aromatic N) is 3. The summed E-state index contributed by atoms with van der Waals surface area (Å²) in [5.74, 6) is 0.0106. The van der Waals surface area contributed by atoms with E-state index in [0.717, 1.165) is 30.8 Å². The van der Waals surface area contributed by atoms with Crippen molar-refractivity contribution in [1.82, 2.24) is 14.1 Å². The van der Waals surface area contributed by atoms with Gasteiger partial charge in [-0.05, 0) is 56.4 Å². The lowest BCUT2D eigenvalue weighted by Crippen LogP contribution is -2.40. The Hall–Kier alpha value is -1.73. The zero-order chi connectivity index (χ0) is 18.0. The summed E-state index contributed by atoms with van der Waals surface area (Å²) >= 11 is 0. The van der Waals surface area contributed by atoms with Gasteiger partial charge in [0.1, 0.15) is 5.82 Å². The number of aryl methyl sites for hydroxylation is 2. The standard InChI is InChI=1S/C18H24FN3O2S/c1-14-11-15(2)22(20-14)12-16-7-9-21(10-8-16)25(23,24)13-17-3-5-18(19)6-4-17/h3-6,11,16H,7-10,12-13H2,1-2H3. The van der Waals surface area contributed by atoms with E-state index in [4.69, 9.17) is 0 Å². The average molecular weight is 365 g/mol. The molecule has 0 atom stereocenters. The lowest BCUT2D eigenvalue weighted by atomic mass is 9.98. The Labute approximate surface area is 148 Å². The van der Waals surface area contributed by atoms with Gasteiger partial charge in [0.2, 0.25) is 10.0 Å². The summed E-state index contributed by atoms with van der Waals surface area (Å²) in [6, 6.07) is 7.71. The van der Waals surface area contributed by atoms with Gasteiger partial charge in [-0.1, -0.05) is 12.1 Å². The van der Waals surface area contributed by atoms with Gasteiger partial charge in [0.05, 0.1) is 11.4 Å². The molecular formula is C18H24FN3O2S. The number of sulfonamides is 1. The second-order valence-corrected chi connectivity index (χ2v) is 8.80. The highest BCUT2D eigenvalue weighted by molar-refractivity contribution is 7.88. The highest BCUT2D eigenvalue weighted by Gasteiger charge is 2.28. The van der Waals surface area contributed by atoms with Crippen LogP contribution in [0, 0.1) is 25.6 Å². The van der Waals surface area contributed by atoms with Gasteiger partial charge in [0, 0.05) is 25.3 Å². The zero-order valence-corrected chi connectivity index (χ0v) is 15.5. The van der Waals surface area contributed by atoms with Crippen LogP contribution in [0.5, 0.6) is 0 Å². The number of aromatic nitrogens is 2. The summed E-state index contributed by atoms with van der Waals surface area (Å²) in [4.78, 5) is 0. The van der Waals surface area contributed by atoms with Crippen molar-refractivity contribution in [1.29, 1.82) is 0 Å². The SMILES string of the molecule is Cc1cc(C)n(CC2CCN(S(=O)(=O)Cc3ccc(F)cc3)CC2)n1. The summed E-state index contributed by atoms with van der Waals surface area (Å²) in [7, 11) is -3.36. The largest absolute Gasteiger partial charge is 0.269 e. The number of hydrogen-bond donors (Lipinski definition) is 0. The first-order valence-corrected chi connectivity index (χ1v) is 10.2. The molecule has 25 heavy (non-hydrogen) atoms. The van der Waals surface area contributed by atoms with E-state index in [1.165, 1.54) is 24.3 Å². The molecule has 7 heteroatoms. The Bertz CT molecular complexity index is 823. The van der Waals surface area contributed by atoms with Crippen molar-refractivity contribution in [2.45, 2.75) is 39.0 Å². The van der Waals surface area contributed by atoms with Gasteiger partial charge in [-0.3, -0.25) is 4.68 Å². The summed E-state index contributed by atoms with van der Waals surface area (Å²) < 4.78 is 41.7. The first-order valence-electron chi connectivity index (χ1n) is 8.57. The predicted octanol–water partition coefficient (Wildman–Crippen LogP) is 2.88. The number of benzene rings is 1. The first kappa shape index (κ1) is 18.1. The van der Waals surface area contributed by atoms with Crippen LogP contribution in [0.15, 0.2) is 30.3 Å². The van der Waals surface area contributed by atoms with Gasteiger partial charge in [0.25, 0.3) is 0 Å². The van der Waals surface area contributed by atoms with E-state index < -0.39 is 10.0 Å². The first-order chi connectivity index (χ1) is 11.8. The summed E-state index contributed by atoms with van der Waals surface area (Å²) in [5.41, 5.74) is 2.77. The highest BCUT2D eigenvalue weighted by atomic mass is 32.2. The third-order valence-corrected chi connectivity index (χ3v) is 6.61. The van der Waals surface area contributed by atoms with Gasteiger partial charge in [-0.15, -0.1) is 0 Å². The average Bonchev–Trinajstić information content (AvgIpc) is 2.87. The zero-order valence-electron chi connectivity index (χ0n) is 14.7. The van der Waals surface area contributed by atoms with Crippen molar-refractivity contribution in [2.75, 3.05) is 13.1 Å². The molecule has 1 fully saturated rings. The molecule has 1 aliphatic rings. The maximum atomic E-state index is 13.0. The third kappa shape index (κ3) is 4.46. The van der Waals surface area contributed by atoms with Gasteiger partial charge >= 0.3 is 0 Å². The molecule has 1 saturated heterocycles. The molecule has 0 amide bonds. The van der Waals surface area contributed by atoms with Crippen LogP contribution in [-0.2, 0) is 22.3 Å². The van der Waals surface area contributed by atoms with Crippen LogP contribution in [0.3, 0.4) is 0 Å². The quantitative estimate of drug-likeness (QED) is 0.819. The number of piperidine rings is 1. The molecule has 0 radical (unpaired) electrons. The van der Waals surface area contributed by atoms with Gasteiger partial charge in [-0.25, -0.2) is 17.1 Å². The molecular weight excluding hydrogens is 341 g/mol. The molecule has 2 aromatic rings. The number of rotatable bonds is 5. The lowest BCUT2D eigenvalue weighted by molar-refractivity contribution is 0.246. The Morgan fingerprint density at radius 1 is 1.16 bits per heavy atom. The van der Waals surface area contributed by atoms with Gasteiger partial charge in [0.15, 0.2) is 0 Å². The van der Waals surface area contributed by atoms with Gasteiger partial charge < -0.3 is 0 Å². The van der Waals surface area contributed by atoms with E-state index in [1.54, 1.807) is 4.31 Å². The monoisotopic (exact) mass is 365 g/mol. The minimum Gasteiger partial charge on any atom is -0.269 e. The minimum absolute atomic E-state index is 0.0740. The molecule has 1 aromatic heterocycles. The maximum absolute atomic E-state index is 13.0. The molecule has 0 spiro atoms. The summed E-state index contributed by atoms with van der Waals surface area (Å²) in [6.45, 7) is 5.93. The van der Waals surface area contributed by atoms with Crippen molar-refractivity contribution >= 4 is 10.0 Å². The van der Waals surface area contributed by atoms with Crippen LogP contribution < -0.4 is 0 Å². The van der Waals surface area contributed by atoms with Crippen LogP contribution in [-0.4, -0.2) is 35.6 Å². The van der Waals surface area contributed by atoms with Crippen LogP contribution in [0.2, 0.25) is 0 Å². The number of hydrogen-bond acceptors (Lipinski definition) is 3. The molecule has 0 N–H and O–H groups in total. The molecule has 1 aromatic carbocycles. The van der Waals surface area contributed by atoms with E-state index in [9.17, 15) is 12.8 Å².